The number of nitrogens with zero attached hydrogens (tertiary/aromatic N) is 2. The van der Waals surface area contributed by atoms with E-state index in [1.54, 1.807) is 60.7 Å². The van der Waals surface area contributed by atoms with E-state index in [-0.39, 0.29) is 11.4 Å². The summed E-state index contributed by atoms with van der Waals surface area (Å²) < 4.78 is 0. The van der Waals surface area contributed by atoms with Gasteiger partial charge in [-0.15, -0.1) is 0 Å². The molecule has 1 aliphatic heterocycles. The molecule has 126 valence electrons. The number of hydrogen-bond donors (Lipinski definition) is 1. The quantitative estimate of drug-likeness (QED) is 0.688. The topological polar surface area (TPSA) is 92.6 Å². The average Bonchev–Trinajstić information content (AvgIpc) is 2.61. The second kappa shape index (κ2) is 6.56. The summed E-state index contributed by atoms with van der Waals surface area (Å²) in [6.45, 7) is 1.21. The molecule has 0 bridgehead atoms. The Balaban J connectivity index is 2.28. The van der Waals surface area contributed by atoms with E-state index in [2.05, 4.69) is 5.32 Å². The Hall–Kier alpha value is -3.48. The van der Waals surface area contributed by atoms with Crippen LogP contribution < -0.4 is 5.32 Å². The molecule has 0 saturated heterocycles. The molecule has 0 spiro atoms. The van der Waals surface area contributed by atoms with Crippen LogP contribution in [0.3, 0.4) is 0 Å². The van der Waals surface area contributed by atoms with Gasteiger partial charge in [0.25, 0.3) is 5.70 Å². The van der Waals surface area contributed by atoms with E-state index in [4.69, 9.17) is 0 Å². The number of hydrogen-bond acceptors (Lipinski definition) is 4. The molecule has 0 unspecified atom stereocenters. The van der Waals surface area contributed by atoms with Gasteiger partial charge in [-0.3, -0.25) is 14.9 Å². The van der Waals surface area contributed by atoms with Gasteiger partial charge in [0.1, 0.15) is 5.70 Å². The third kappa shape index (κ3) is 2.99. The van der Waals surface area contributed by atoms with Crippen molar-refractivity contribution in [1.29, 1.82) is 0 Å². The number of carbonyl (C=O) groups excluding carboxylic acids is 2. The fourth-order valence-electron chi connectivity index (χ4n) is 2.89. The summed E-state index contributed by atoms with van der Waals surface area (Å²) in [6.07, 6.45) is 0. The van der Waals surface area contributed by atoms with Gasteiger partial charge in [0.05, 0.1) is 4.92 Å². The van der Waals surface area contributed by atoms with E-state index in [9.17, 15) is 19.7 Å². The predicted molar refractivity (Wildman–Crippen MR) is 90.6 cm³/mol. The van der Waals surface area contributed by atoms with Crippen molar-refractivity contribution in [1.82, 2.24) is 10.2 Å². The summed E-state index contributed by atoms with van der Waals surface area (Å²) in [5.41, 5.74) is 0.855. The molecule has 3 rings (SSSR count). The second-order valence-corrected chi connectivity index (χ2v) is 5.52. The smallest absolute Gasteiger partial charge is 0.301 e. The van der Waals surface area contributed by atoms with Gasteiger partial charge in [0.15, 0.2) is 6.04 Å². The molecule has 1 aliphatic rings. The van der Waals surface area contributed by atoms with Gasteiger partial charge in [0, 0.05) is 12.5 Å². The van der Waals surface area contributed by atoms with Crippen LogP contribution in [0, 0.1) is 10.1 Å². The molecule has 25 heavy (non-hydrogen) atoms. The first-order chi connectivity index (χ1) is 12.0. The Bertz CT molecular complexity index is 862. The van der Waals surface area contributed by atoms with Gasteiger partial charge in [-0.1, -0.05) is 60.7 Å². The molecule has 2 aromatic rings. The molecule has 1 heterocycles. The first-order valence-electron chi connectivity index (χ1n) is 7.60. The minimum atomic E-state index is -1.10. The molecule has 3 amide bonds. The molecule has 0 saturated carbocycles. The Morgan fingerprint density at radius 2 is 1.64 bits per heavy atom. The lowest BCUT2D eigenvalue weighted by Gasteiger charge is -2.33. The number of imide groups is 1. The second-order valence-electron chi connectivity index (χ2n) is 5.52. The zero-order valence-corrected chi connectivity index (χ0v) is 13.4. The standard InChI is InChI=1S/C18H15N3O4/c1-12(22)20-16(14-10-6-3-7-11-14)17(21(24)25)15(19-18(20)23)13-8-4-2-5-9-13/h2-11,16H,1H3,(H,19,23)/t16-/m1/s1. The highest BCUT2D eigenvalue weighted by atomic mass is 16.6. The summed E-state index contributed by atoms with van der Waals surface area (Å²) in [4.78, 5) is 36.7. The van der Waals surface area contributed by atoms with Crippen molar-refractivity contribution in [3.63, 3.8) is 0 Å². The van der Waals surface area contributed by atoms with Crippen LogP contribution in [-0.2, 0) is 4.79 Å². The summed E-state index contributed by atoms with van der Waals surface area (Å²) in [5.74, 6) is -0.571. The van der Waals surface area contributed by atoms with E-state index in [0.717, 1.165) is 4.90 Å². The van der Waals surface area contributed by atoms with Gasteiger partial charge < -0.3 is 5.32 Å². The number of amides is 3. The van der Waals surface area contributed by atoms with Crippen LogP contribution in [0.15, 0.2) is 66.4 Å². The normalized spacial score (nSPS) is 17.2. The van der Waals surface area contributed by atoms with Gasteiger partial charge >= 0.3 is 6.03 Å². The third-order valence-corrected chi connectivity index (χ3v) is 3.94. The molecule has 7 nitrogen and oxygen atoms in total. The fraction of sp³-hybridized carbons (Fsp3) is 0.111. The zero-order chi connectivity index (χ0) is 18.0. The number of rotatable bonds is 3. The first kappa shape index (κ1) is 16.4. The zero-order valence-electron chi connectivity index (χ0n) is 13.4. The SMILES string of the molecule is CC(=O)N1C(=O)NC(c2ccccc2)=C([N+](=O)[O-])[C@H]1c1ccccc1. The highest BCUT2D eigenvalue weighted by Gasteiger charge is 2.45. The monoisotopic (exact) mass is 337 g/mol. The van der Waals surface area contributed by atoms with Crippen LogP contribution >= 0.6 is 0 Å². The van der Waals surface area contributed by atoms with E-state index in [0.29, 0.717) is 11.1 Å². The molecule has 2 aromatic carbocycles. The van der Waals surface area contributed by atoms with E-state index >= 15 is 0 Å². The van der Waals surface area contributed by atoms with Crippen molar-refractivity contribution >= 4 is 17.6 Å². The Kier molecular flexibility index (Phi) is 4.30. The number of nitro groups is 1. The maximum atomic E-state index is 12.5. The van der Waals surface area contributed by atoms with Crippen LogP contribution in [0.25, 0.3) is 5.70 Å². The maximum Gasteiger partial charge on any atom is 0.329 e. The van der Waals surface area contributed by atoms with Crippen molar-refractivity contribution < 1.29 is 14.5 Å². The van der Waals surface area contributed by atoms with Crippen molar-refractivity contribution in [3.05, 3.63) is 87.6 Å². The van der Waals surface area contributed by atoms with E-state index in [1.807, 2.05) is 0 Å². The minimum Gasteiger partial charge on any atom is -0.301 e. The van der Waals surface area contributed by atoms with Crippen molar-refractivity contribution in [2.24, 2.45) is 0 Å². The summed E-state index contributed by atoms with van der Waals surface area (Å²) in [5, 5.41) is 14.4. The van der Waals surface area contributed by atoms with Gasteiger partial charge in [-0.05, 0) is 5.56 Å². The Morgan fingerprint density at radius 1 is 1.08 bits per heavy atom. The molecule has 0 fully saturated rings. The van der Waals surface area contributed by atoms with Crippen molar-refractivity contribution in [3.8, 4) is 0 Å². The number of urea groups is 1. The number of benzene rings is 2. The Morgan fingerprint density at radius 3 is 2.16 bits per heavy atom. The molecule has 7 heteroatoms. The molecular weight excluding hydrogens is 322 g/mol. The van der Waals surface area contributed by atoms with Crippen LogP contribution in [0.4, 0.5) is 4.79 Å². The number of carbonyl (C=O) groups is 2. The predicted octanol–water partition coefficient (Wildman–Crippen LogP) is 2.94. The molecule has 1 N–H and O–H groups in total. The highest BCUT2D eigenvalue weighted by Crippen LogP contribution is 2.36. The summed E-state index contributed by atoms with van der Waals surface area (Å²) in [7, 11) is 0. The average molecular weight is 337 g/mol. The minimum absolute atomic E-state index is 0.0990. The van der Waals surface area contributed by atoms with E-state index in [1.165, 1.54) is 6.92 Å². The maximum absolute atomic E-state index is 12.5. The lowest BCUT2D eigenvalue weighted by molar-refractivity contribution is -0.432. The van der Waals surface area contributed by atoms with Crippen LogP contribution in [0.5, 0.6) is 0 Å². The third-order valence-electron chi connectivity index (χ3n) is 3.94. The van der Waals surface area contributed by atoms with Gasteiger partial charge in [0.2, 0.25) is 5.91 Å². The molecular formula is C18H15N3O4. The molecule has 0 radical (unpaired) electrons. The van der Waals surface area contributed by atoms with Gasteiger partial charge in [-0.2, -0.15) is 0 Å². The van der Waals surface area contributed by atoms with Crippen LogP contribution in [-0.4, -0.2) is 21.8 Å². The summed E-state index contributed by atoms with van der Waals surface area (Å²) in [6, 6.07) is 15.3. The largest absolute Gasteiger partial charge is 0.329 e. The molecule has 0 aliphatic carbocycles. The van der Waals surface area contributed by atoms with Crippen LogP contribution in [0.1, 0.15) is 24.1 Å². The molecule has 0 aromatic heterocycles. The highest BCUT2D eigenvalue weighted by molar-refractivity contribution is 6.00. The first-order valence-corrected chi connectivity index (χ1v) is 7.60. The van der Waals surface area contributed by atoms with E-state index < -0.39 is 22.9 Å². The van der Waals surface area contributed by atoms with Crippen molar-refractivity contribution in [2.75, 3.05) is 0 Å². The summed E-state index contributed by atoms with van der Waals surface area (Å²) >= 11 is 0. The lowest BCUT2D eigenvalue weighted by atomic mass is 9.96. The van der Waals surface area contributed by atoms with Crippen LogP contribution in [0.2, 0.25) is 0 Å². The van der Waals surface area contributed by atoms with Crippen molar-refractivity contribution in [2.45, 2.75) is 13.0 Å². The fourth-order valence-corrected chi connectivity index (χ4v) is 2.89. The number of nitrogens with one attached hydrogen (secondary N) is 1. The van der Waals surface area contributed by atoms with Gasteiger partial charge in [-0.25, -0.2) is 9.69 Å². The lowest BCUT2D eigenvalue weighted by Crippen LogP contribution is -2.50. The Labute approximate surface area is 143 Å². The molecule has 1 atom stereocenters.